The van der Waals surface area contributed by atoms with Gasteiger partial charge in [-0.05, 0) is 106 Å². The van der Waals surface area contributed by atoms with Crippen LogP contribution >= 0.6 is 15.9 Å². The van der Waals surface area contributed by atoms with Crippen LogP contribution in [0.2, 0.25) is 36.3 Å². The highest BCUT2D eigenvalue weighted by Crippen LogP contribution is 2.47. The number of Topliss-reactive ketones (excluding diaryl/α,β-unsaturated/α-hetero) is 1. The number of halogens is 2. The molecule has 2 aromatic heterocycles. The lowest BCUT2D eigenvalue weighted by molar-refractivity contribution is -0.0306. The van der Waals surface area contributed by atoms with Gasteiger partial charge in [-0.2, -0.15) is 0 Å². The van der Waals surface area contributed by atoms with E-state index in [9.17, 15) is 9.18 Å². The summed E-state index contributed by atoms with van der Waals surface area (Å²) in [4.78, 5) is 21.6. The Balaban J connectivity index is 1.94. The van der Waals surface area contributed by atoms with Crippen molar-refractivity contribution in [2.24, 2.45) is 5.92 Å². The Morgan fingerprint density at radius 1 is 1.00 bits per heavy atom. The maximum absolute atomic E-state index is 13.7. The third-order valence-corrected chi connectivity index (χ3v) is 18.9. The van der Waals surface area contributed by atoms with Crippen molar-refractivity contribution in [3.8, 4) is 0 Å². The molecule has 5 nitrogen and oxygen atoms in total. The molecule has 0 unspecified atom stereocenters. The SMILES string of the molecule is C[C@H]1C[C@H](c2ccncc2CC(=O)c2ccc(F)c(Br)n2)C[C@H](O[Si](C)(C)C(C)(C)C)[C@@H]1O[Si](C)(C)C(C)(C)C. The quantitative estimate of drug-likeness (QED) is 0.162. The molecule has 4 atom stereocenters. The van der Waals surface area contributed by atoms with Gasteiger partial charge in [0.2, 0.25) is 0 Å². The van der Waals surface area contributed by atoms with Gasteiger partial charge in [0, 0.05) is 18.8 Å². The van der Waals surface area contributed by atoms with Crippen LogP contribution in [0, 0.1) is 11.7 Å². The largest absolute Gasteiger partial charge is 0.411 e. The fraction of sp³-hybridized carbons (Fsp3) is 0.645. The molecule has 0 N–H and O–H groups in total. The normalized spacial score (nSPS) is 22.8. The summed E-state index contributed by atoms with van der Waals surface area (Å²) < 4.78 is 28.0. The number of ketones is 1. The van der Waals surface area contributed by atoms with Crippen molar-refractivity contribution in [3.05, 3.63) is 57.8 Å². The van der Waals surface area contributed by atoms with E-state index in [0.717, 1.165) is 24.0 Å². The Bertz CT molecular complexity index is 1210. The Kier molecular flexibility index (Phi) is 10.1. The van der Waals surface area contributed by atoms with E-state index in [2.05, 4.69) is 101 Å². The molecule has 0 saturated heterocycles. The van der Waals surface area contributed by atoms with Crippen molar-refractivity contribution in [2.75, 3.05) is 0 Å². The van der Waals surface area contributed by atoms with Crippen LogP contribution in [0.5, 0.6) is 0 Å². The molecule has 9 heteroatoms. The van der Waals surface area contributed by atoms with E-state index in [0.29, 0.717) is 0 Å². The summed E-state index contributed by atoms with van der Waals surface area (Å²) in [6.45, 7) is 25.3. The van der Waals surface area contributed by atoms with Crippen LogP contribution in [0.3, 0.4) is 0 Å². The fourth-order valence-corrected chi connectivity index (χ4v) is 8.00. The summed E-state index contributed by atoms with van der Waals surface area (Å²) in [6.07, 6.45) is 5.54. The fourth-order valence-electron chi connectivity index (χ4n) is 4.91. The maximum atomic E-state index is 13.7. The second-order valence-electron chi connectivity index (χ2n) is 14.5. The second-order valence-corrected chi connectivity index (χ2v) is 24.8. The molecule has 2 aromatic rings. The molecule has 0 aromatic carbocycles. The van der Waals surface area contributed by atoms with Gasteiger partial charge in [-0.15, -0.1) is 0 Å². The monoisotopic (exact) mass is 650 g/mol. The van der Waals surface area contributed by atoms with Crippen LogP contribution < -0.4 is 0 Å². The molecule has 222 valence electrons. The minimum Gasteiger partial charge on any atom is -0.411 e. The molecule has 0 aliphatic heterocycles. The maximum Gasteiger partial charge on any atom is 0.192 e. The smallest absolute Gasteiger partial charge is 0.192 e. The number of hydrogen-bond acceptors (Lipinski definition) is 5. The van der Waals surface area contributed by atoms with Gasteiger partial charge in [0.1, 0.15) is 10.3 Å². The van der Waals surface area contributed by atoms with Crippen molar-refractivity contribution < 1.29 is 18.0 Å². The summed E-state index contributed by atoms with van der Waals surface area (Å²) >= 11 is 3.10. The molecule has 0 amide bonds. The summed E-state index contributed by atoms with van der Waals surface area (Å²) in [5.74, 6) is -0.152. The molecular formula is C31H48BrFN2O3Si2. The van der Waals surface area contributed by atoms with Crippen molar-refractivity contribution in [2.45, 2.75) is 122 Å². The lowest BCUT2D eigenvalue weighted by Crippen LogP contribution is -2.55. The summed E-state index contributed by atoms with van der Waals surface area (Å²) in [6, 6.07) is 4.75. The van der Waals surface area contributed by atoms with Gasteiger partial charge < -0.3 is 8.85 Å². The predicted molar refractivity (Wildman–Crippen MR) is 169 cm³/mol. The molecule has 0 radical (unpaired) electrons. The van der Waals surface area contributed by atoms with Gasteiger partial charge in [0.25, 0.3) is 0 Å². The Labute approximate surface area is 251 Å². The lowest BCUT2D eigenvalue weighted by Gasteiger charge is -2.50. The first-order chi connectivity index (χ1) is 18.2. The van der Waals surface area contributed by atoms with E-state index in [1.165, 1.54) is 12.1 Å². The second kappa shape index (κ2) is 12.2. The molecule has 0 bridgehead atoms. The molecule has 3 rings (SSSR count). The predicted octanol–water partition coefficient (Wildman–Crippen LogP) is 9.10. The van der Waals surface area contributed by atoms with Gasteiger partial charge in [0.05, 0.1) is 12.2 Å². The molecule has 1 aliphatic carbocycles. The van der Waals surface area contributed by atoms with E-state index < -0.39 is 22.5 Å². The third-order valence-electron chi connectivity index (χ3n) is 9.41. The van der Waals surface area contributed by atoms with Gasteiger partial charge in [0.15, 0.2) is 28.2 Å². The van der Waals surface area contributed by atoms with Crippen molar-refractivity contribution in [1.29, 1.82) is 0 Å². The highest BCUT2D eigenvalue weighted by atomic mass is 79.9. The van der Waals surface area contributed by atoms with Crippen LogP contribution in [0.1, 0.15) is 88.8 Å². The highest BCUT2D eigenvalue weighted by Gasteiger charge is 2.48. The van der Waals surface area contributed by atoms with E-state index >= 15 is 0 Å². The first kappa shape index (κ1) is 33.2. The van der Waals surface area contributed by atoms with Crippen LogP contribution in [0.4, 0.5) is 4.39 Å². The average molecular weight is 652 g/mol. The zero-order valence-electron chi connectivity index (χ0n) is 26.2. The van der Waals surface area contributed by atoms with E-state index in [1.54, 1.807) is 6.20 Å². The minimum absolute atomic E-state index is 0.0268. The summed E-state index contributed by atoms with van der Waals surface area (Å²) in [7, 11) is -4.12. The Hall–Kier alpha value is -1.27. The van der Waals surface area contributed by atoms with E-state index in [1.807, 2.05) is 12.3 Å². The van der Waals surface area contributed by atoms with Gasteiger partial charge in [-0.3, -0.25) is 9.78 Å². The molecule has 1 saturated carbocycles. The Morgan fingerprint density at radius 2 is 1.60 bits per heavy atom. The van der Waals surface area contributed by atoms with Crippen molar-refractivity contribution in [3.63, 3.8) is 0 Å². The molecule has 1 aliphatic rings. The number of hydrogen-bond donors (Lipinski definition) is 0. The topological polar surface area (TPSA) is 61.3 Å². The standard InChI is InChI=1S/C31H48BrFN2O3Si2/c1-20-16-21(23-14-15-34-19-22(23)17-26(36)25-13-12-24(33)29(32)35-25)18-27(37-39(8,9)30(2,3)4)28(20)38-40(10,11)31(5,6)7/h12-15,19-21,27-28H,16-18H2,1-11H3/t20-,21-,27-,28+/m0/s1. The minimum atomic E-state index is -2.08. The van der Waals surface area contributed by atoms with Crippen LogP contribution in [-0.4, -0.2) is 44.6 Å². The van der Waals surface area contributed by atoms with E-state index in [4.69, 9.17) is 8.85 Å². The number of rotatable bonds is 8. The average Bonchev–Trinajstić information content (AvgIpc) is 2.81. The number of aromatic nitrogens is 2. The Morgan fingerprint density at radius 3 is 2.17 bits per heavy atom. The van der Waals surface area contributed by atoms with Crippen LogP contribution in [0.15, 0.2) is 35.2 Å². The van der Waals surface area contributed by atoms with Gasteiger partial charge >= 0.3 is 0 Å². The molecular weight excluding hydrogens is 603 g/mol. The highest BCUT2D eigenvalue weighted by molar-refractivity contribution is 9.10. The van der Waals surface area contributed by atoms with Crippen LogP contribution in [-0.2, 0) is 15.3 Å². The third kappa shape index (κ3) is 7.57. The molecule has 1 fully saturated rings. The van der Waals surface area contributed by atoms with Gasteiger partial charge in [-0.25, -0.2) is 9.37 Å². The first-order valence-corrected chi connectivity index (χ1v) is 21.0. The summed E-state index contributed by atoms with van der Waals surface area (Å²) in [5, 5.41) is 0.183. The first-order valence-electron chi connectivity index (χ1n) is 14.4. The molecule has 2 heterocycles. The number of carbonyl (C=O) groups is 1. The summed E-state index contributed by atoms with van der Waals surface area (Å²) in [5.41, 5.74) is 2.26. The van der Waals surface area contributed by atoms with Crippen LogP contribution in [0.25, 0.3) is 0 Å². The van der Waals surface area contributed by atoms with Crippen molar-refractivity contribution >= 4 is 38.3 Å². The van der Waals surface area contributed by atoms with Gasteiger partial charge in [-0.1, -0.05) is 48.5 Å². The zero-order valence-corrected chi connectivity index (χ0v) is 29.8. The molecule has 40 heavy (non-hydrogen) atoms. The lowest BCUT2D eigenvalue weighted by atomic mass is 9.74. The number of carbonyl (C=O) groups excluding carboxylic acids is 1. The van der Waals surface area contributed by atoms with Crippen molar-refractivity contribution in [1.82, 2.24) is 9.97 Å². The number of nitrogens with zero attached hydrogens (tertiary/aromatic N) is 2. The molecule has 0 spiro atoms. The van der Waals surface area contributed by atoms with E-state index in [-0.39, 0.29) is 56.6 Å². The number of pyridine rings is 2. The zero-order chi connectivity index (χ0) is 30.3.